The van der Waals surface area contributed by atoms with Gasteiger partial charge in [0.15, 0.2) is 0 Å². The second kappa shape index (κ2) is 7.94. The first-order valence-electron chi connectivity index (χ1n) is 6.46. The molecule has 3 nitrogen and oxygen atoms in total. The lowest BCUT2D eigenvalue weighted by Crippen LogP contribution is -2.05. The molecule has 0 heterocycles. The molecular weight excluding hydrogens is 400 g/mol. The lowest BCUT2D eigenvalue weighted by Gasteiger charge is -2.14. The van der Waals surface area contributed by atoms with Crippen molar-refractivity contribution in [2.24, 2.45) is 0 Å². The first kappa shape index (κ1) is 16.5. The van der Waals surface area contributed by atoms with Crippen molar-refractivity contribution in [2.45, 2.75) is 6.10 Å². The van der Waals surface area contributed by atoms with Crippen LogP contribution in [0.15, 0.2) is 51.4 Å². The summed E-state index contributed by atoms with van der Waals surface area (Å²) in [5.74, 6) is 0.734. The van der Waals surface area contributed by atoms with Crippen LogP contribution in [0.5, 0.6) is 5.75 Å². The zero-order valence-corrected chi connectivity index (χ0v) is 14.7. The monoisotopic (exact) mass is 414 g/mol. The molecule has 0 bridgehead atoms. The number of hydrogen-bond donors (Lipinski definition) is 1. The van der Waals surface area contributed by atoms with Gasteiger partial charge in [-0.15, -0.1) is 0 Å². The van der Waals surface area contributed by atoms with Crippen LogP contribution in [0, 0.1) is 0 Å². The Morgan fingerprint density at radius 1 is 1.05 bits per heavy atom. The Hall–Kier alpha value is -0.880. The van der Waals surface area contributed by atoms with Crippen molar-refractivity contribution in [3.05, 3.63) is 62.5 Å². The lowest BCUT2D eigenvalue weighted by atomic mass is 10.0. The zero-order chi connectivity index (χ0) is 15.2. The molecule has 0 amide bonds. The van der Waals surface area contributed by atoms with E-state index in [0.29, 0.717) is 13.2 Å². The standard InChI is InChI=1S/C16H16Br2O3/c1-20-7-8-21-15-6-5-12(10-14(15)18)16(19)11-3-2-4-13(17)9-11/h2-6,9-10,16,19H,7-8H2,1H3. The number of halogens is 2. The molecule has 112 valence electrons. The van der Waals surface area contributed by atoms with Gasteiger partial charge >= 0.3 is 0 Å². The number of methoxy groups -OCH3 is 1. The third-order valence-electron chi connectivity index (χ3n) is 2.98. The van der Waals surface area contributed by atoms with Gasteiger partial charge in [-0.2, -0.15) is 0 Å². The van der Waals surface area contributed by atoms with E-state index in [2.05, 4.69) is 31.9 Å². The predicted molar refractivity (Wildman–Crippen MR) is 89.7 cm³/mol. The second-order valence-electron chi connectivity index (χ2n) is 4.49. The molecule has 5 heteroatoms. The normalized spacial score (nSPS) is 12.2. The van der Waals surface area contributed by atoms with Gasteiger partial charge in [0, 0.05) is 11.6 Å². The molecule has 0 aliphatic carbocycles. The van der Waals surface area contributed by atoms with Gasteiger partial charge in [-0.1, -0.05) is 34.1 Å². The molecule has 1 unspecified atom stereocenters. The Kier molecular flexibility index (Phi) is 6.23. The van der Waals surface area contributed by atoms with E-state index in [1.54, 1.807) is 7.11 Å². The van der Waals surface area contributed by atoms with E-state index >= 15 is 0 Å². The van der Waals surface area contributed by atoms with Crippen LogP contribution in [0.3, 0.4) is 0 Å². The number of aliphatic hydroxyl groups excluding tert-OH is 1. The Morgan fingerprint density at radius 2 is 1.81 bits per heavy atom. The minimum Gasteiger partial charge on any atom is -0.490 e. The Morgan fingerprint density at radius 3 is 2.48 bits per heavy atom. The summed E-state index contributed by atoms with van der Waals surface area (Å²) < 4.78 is 12.3. The van der Waals surface area contributed by atoms with Crippen molar-refractivity contribution < 1.29 is 14.6 Å². The van der Waals surface area contributed by atoms with E-state index < -0.39 is 6.10 Å². The molecule has 0 aliphatic rings. The number of aliphatic hydroxyl groups is 1. The number of rotatable bonds is 6. The molecule has 0 radical (unpaired) electrons. The average molecular weight is 416 g/mol. The van der Waals surface area contributed by atoms with Crippen LogP contribution in [0.25, 0.3) is 0 Å². The second-order valence-corrected chi connectivity index (χ2v) is 6.26. The molecule has 21 heavy (non-hydrogen) atoms. The molecule has 2 rings (SSSR count). The molecule has 0 saturated heterocycles. The van der Waals surface area contributed by atoms with Crippen molar-refractivity contribution in [3.8, 4) is 5.75 Å². The average Bonchev–Trinajstić information content (AvgIpc) is 2.48. The Bertz CT molecular complexity index is 602. The SMILES string of the molecule is COCCOc1ccc(C(O)c2cccc(Br)c2)cc1Br. The van der Waals surface area contributed by atoms with Crippen molar-refractivity contribution in [3.63, 3.8) is 0 Å². The molecule has 0 spiro atoms. The van der Waals surface area contributed by atoms with Gasteiger partial charge in [-0.05, 0) is 51.3 Å². The van der Waals surface area contributed by atoms with Gasteiger partial charge in [0.1, 0.15) is 18.5 Å². The molecule has 1 N–H and O–H groups in total. The van der Waals surface area contributed by atoms with E-state index in [0.717, 1.165) is 25.8 Å². The molecule has 0 fully saturated rings. The molecule has 0 aliphatic heterocycles. The summed E-state index contributed by atoms with van der Waals surface area (Å²) in [4.78, 5) is 0. The first-order chi connectivity index (χ1) is 10.1. The van der Waals surface area contributed by atoms with Crippen LogP contribution in [0.1, 0.15) is 17.2 Å². The van der Waals surface area contributed by atoms with Crippen molar-refractivity contribution in [1.82, 2.24) is 0 Å². The van der Waals surface area contributed by atoms with Crippen LogP contribution in [-0.4, -0.2) is 25.4 Å². The minimum absolute atomic E-state index is 0.489. The molecule has 2 aromatic rings. The number of benzene rings is 2. The zero-order valence-electron chi connectivity index (χ0n) is 11.6. The quantitative estimate of drug-likeness (QED) is 0.714. The fourth-order valence-corrected chi connectivity index (χ4v) is 2.84. The maximum Gasteiger partial charge on any atom is 0.133 e. The molecule has 0 saturated carbocycles. The van der Waals surface area contributed by atoms with Gasteiger partial charge < -0.3 is 14.6 Å². The maximum atomic E-state index is 10.4. The highest BCUT2D eigenvalue weighted by Gasteiger charge is 2.13. The Labute approximate surface area is 141 Å². The summed E-state index contributed by atoms with van der Waals surface area (Å²) in [6.45, 7) is 1.03. The lowest BCUT2D eigenvalue weighted by molar-refractivity contribution is 0.146. The third kappa shape index (κ3) is 4.54. The summed E-state index contributed by atoms with van der Waals surface area (Å²) in [7, 11) is 1.63. The summed E-state index contributed by atoms with van der Waals surface area (Å²) in [6.07, 6.45) is -0.674. The van der Waals surface area contributed by atoms with Crippen molar-refractivity contribution in [1.29, 1.82) is 0 Å². The van der Waals surface area contributed by atoms with Crippen LogP contribution in [-0.2, 0) is 4.74 Å². The maximum absolute atomic E-state index is 10.4. The van der Waals surface area contributed by atoms with Crippen LogP contribution in [0.2, 0.25) is 0 Å². The Balaban J connectivity index is 2.15. The van der Waals surface area contributed by atoms with Gasteiger partial charge in [-0.25, -0.2) is 0 Å². The highest BCUT2D eigenvalue weighted by atomic mass is 79.9. The largest absolute Gasteiger partial charge is 0.490 e. The van der Waals surface area contributed by atoms with Crippen LogP contribution >= 0.6 is 31.9 Å². The van der Waals surface area contributed by atoms with Crippen molar-refractivity contribution in [2.75, 3.05) is 20.3 Å². The molecule has 2 aromatic carbocycles. The first-order valence-corrected chi connectivity index (χ1v) is 8.05. The topological polar surface area (TPSA) is 38.7 Å². The minimum atomic E-state index is -0.674. The van der Waals surface area contributed by atoms with Crippen molar-refractivity contribution >= 4 is 31.9 Å². The summed E-state index contributed by atoms with van der Waals surface area (Å²) >= 11 is 6.88. The van der Waals surface area contributed by atoms with E-state index in [1.165, 1.54) is 0 Å². The third-order valence-corrected chi connectivity index (χ3v) is 4.09. The van der Waals surface area contributed by atoms with Crippen LogP contribution < -0.4 is 4.74 Å². The molecule has 1 atom stereocenters. The summed E-state index contributed by atoms with van der Waals surface area (Å²) in [5, 5.41) is 10.4. The molecular formula is C16H16Br2O3. The fraction of sp³-hybridized carbons (Fsp3) is 0.250. The highest BCUT2D eigenvalue weighted by molar-refractivity contribution is 9.10. The van der Waals surface area contributed by atoms with Crippen LogP contribution in [0.4, 0.5) is 0 Å². The van der Waals surface area contributed by atoms with E-state index in [1.807, 2.05) is 42.5 Å². The summed E-state index contributed by atoms with van der Waals surface area (Å²) in [6, 6.07) is 13.2. The van der Waals surface area contributed by atoms with E-state index in [9.17, 15) is 5.11 Å². The van der Waals surface area contributed by atoms with Gasteiger partial charge in [-0.3, -0.25) is 0 Å². The van der Waals surface area contributed by atoms with E-state index in [-0.39, 0.29) is 0 Å². The predicted octanol–water partition coefficient (Wildman–Crippen LogP) is 4.32. The highest BCUT2D eigenvalue weighted by Crippen LogP contribution is 2.31. The van der Waals surface area contributed by atoms with E-state index in [4.69, 9.17) is 9.47 Å². The molecule has 0 aromatic heterocycles. The number of ether oxygens (including phenoxy) is 2. The van der Waals surface area contributed by atoms with Gasteiger partial charge in [0.05, 0.1) is 11.1 Å². The number of hydrogen-bond acceptors (Lipinski definition) is 3. The van der Waals surface area contributed by atoms with Gasteiger partial charge in [0.25, 0.3) is 0 Å². The summed E-state index contributed by atoms with van der Waals surface area (Å²) in [5.41, 5.74) is 1.64. The fourth-order valence-electron chi connectivity index (χ4n) is 1.91. The van der Waals surface area contributed by atoms with Gasteiger partial charge in [0.2, 0.25) is 0 Å². The smallest absolute Gasteiger partial charge is 0.133 e.